The quantitative estimate of drug-likeness (QED) is 0.525. The van der Waals surface area contributed by atoms with E-state index < -0.39 is 10.0 Å². The molecule has 1 saturated heterocycles. The zero-order valence-electron chi connectivity index (χ0n) is 18.7. The number of piperazine rings is 1. The summed E-state index contributed by atoms with van der Waals surface area (Å²) in [6.07, 6.45) is 0. The number of carbonyl (C=O) groups excluding carboxylic acids is 1. The van der Waals surface area contributed by atoms with Crippen molar-refractivity contribution in [2.24, 2.45) is 0 Å². The first-order valence-corrected chi connectivity index (χ1v) is 12.5. The predicted molar refractivity (Wildman–Crippen MR) is 130 cm³/mol. The fourth-order valence-corrected chi connectivity index (χ4v) is 5.61. The molecule has 3 aromatic rings. The largest absolute Gasteiger partial charge is 0.358 e. The van der Waals surface area contributed by atoms with Crippen LogP contribution in [0.15, 0.2) is 89.8 Å². The van der Waals surface area contributed by atoms with E-state index in [1.165, 1.54) is 16.4 Å². The minimum absolute atomic E-state index is 0.00962. The first-order valence-electron chi connectivity index (χ1n) is 11.1. The summed E-state index contributed by atoms with van der Waals surface area (Å²) in [7, 11) is -3.80. The topological polar surface area (TPSA) is 84.7 Å². The van der Waals surface area contributed by atoms with E-state index in [0.717, 1.165) is 11.3 Å². The molecule has 0 saturated carbocycles. The maximum Gasteiger partial charge on any atom is 0.244 e. The molecule has 7 nitrogen and oxygen atoms in total. The van der Waals surface area contributed by atoms with Gasteiger partial charge in [-0.3, -0.25) is 4.79 Å². The number of anilines is 1. The van der Waals surface area contributed by atoms with E-state index in [1.807, 2.05) is 71.6 Å². The van der Waals surface area contributed by atoms with Crippen molar-refractivity contribution in [3.63, 3.8) is 0 Å². The van der Waals surface area contributed by atoms with Gasteiger partial charge in [0.2, 0.25) is 15.9 Å². The van der Waals surface area contributed by atoms with E-state index in [4.69, 9.17) is 0 Å². The van der Waals surface area contributed by atoms with Crippen LogP contribution in [0.5, 0.6) is 0 Å². The van der Waals surface area contributed by atoms with Crippen molar-refractivity contribution >= 4 is 21.6 Å². The van der Waals surface area contributed by atoms with E-state index in [-0.39, 0.29) is 36.0 Å². The third kappa shape index (κ3) is 5.28. The Labute approximate surface area is 200 Å². The molecule has 0 radical (unpaired) electrons. The van der Waals surface area contributed by atoms with Gasteiger partial charge in [0.25, 0.3) is 0 Å². The average molecular weight is 475 g/mol. The van der Waals surface area contributed by atoms with Crippen molar-refractivity contribution in [2.45, 2.75) is 11.4 Å². The molecule has 0 atom stereocenters. The molecule has 0 N–H and O–H groups in total. The molecule has 0 aliphatic carbocycles. The Morgan fingerprint density at radius 2 is 1.44 bits per heavy atom. The SMILES string of the molecule is N#Cc1ccccc1S(=O)(=O)N1CCN(C(=O)CN(Cc2ccccc2)c2ccccc2)CC1. The summed E-state index contributed by atoms with van der Waals surface area (Å²) in [5.41, 5.74) is 2.18. The molecule has 34 heavy (non-hydrogen) atoms. The summed E-state index contributed by atoms with van der Waals surface area (Å²) in [4.78, 5) is 16.9. The van der Waals surface area contributed by atoms with Gasteiger partial charge in [-0.05, 0) is 29.8 Å². The molecule has 1 fully saturated rings. The maximum absolute atomic E-state index is 13.2. The van der Waals surface area contributed by atoms with E-state index >= 15 is 0 Å². The van der Waals surface area contributed by atoms with Crippen molar-refractivity contribution in [1.82, 2.24) is 9.21 Å². The Balaban J connectivity index is 1.43. The second kappa shape index (κ2) is 10.5. The van der Waals surface area contributed by atoms with Crippen molar-refractivity contribution < 1.29 is 13.2 Å². The number of sulfonamides is 1. The maximum atomic E-state index is 13.2. The van der Waals surface area contributed by atoms with Crippen LogP contribution in [0.3, 0.4) is 0 Å². The van der Waals surface area contributed by atoms with E-state index in [1.54, 1.807) is 17.0 Å². The molecular formula is C26H26N4O3S. The van der Waals surface area contributed by atoms with Crippen LogP contribution in [0.25, 0.3) is 0 Å². The zero-order chi connectivity index (χ0) is 24.0. The summed E-state index contributed by atoms with van der Waals surface area (Å²) < 4.78 is 27.5. The molecular weight excluding hydrogens is 448 g/mol. The Hall–Kier alpha value is -3.67. The lowest BCUT2D eigenvalue weighted by Crippen LogP contribution is -2.52. The smallest absolute Gasteiger partial charge is 0.244 e. The van der Waals surface area contributed by atoms with Crippen LogP contribution in [0.4, 0.5) is 5.69 Å². The predicted octanol–water partition coefficient (Wildman–Crippen LogP) is 3.10. The monoisotopic (exact) mass is 474 g/mol. The van der Waals surface area contributed by atoms with E-state index in [2.05, 4.69) is 0 Å². The summed E-state index contributed by atoms with van der Waals surface area (Å²) in [6.45, 7) is 1.79. The minimum atomic E-state index is -3.80. The van der Waals surface area contributed by atoms with Crippen LogP contribution in [0.1, 0.15) is 11.1 Å². The molecule has 4 rings (SSSR count). The highest BCUT2D eigenvalue weighted by Gasteiger charge is 2.32. The van der Waals surface area contributed by atoms with E-state index in [0.29, 0.717) is 19.6 Å². The lowest BCUT2D eigenvalue weighted by atomic mass is 10.2. The summed E-state index contributed by atoms with van der Waals surface area (Å²) >= 11 is 0. The third-order valence-electron chi connectivity index (χ3n) is 5.88. The second-order valence-electron chi connectivity index (χ2n) is 8.07. The first kappa shape index (κ1) is 23.5. The van der Waals surface area contributed by atoms with Crippen molar-refractivity contribution in [3.05, 3.63) is 96.1 Å². The lowest BCUT2D eigenvalue weighted by Gasteiger charge is -2.35. The highest BCUT2D eigenvalue weighted by atomic mass is 32.2. The number of benzene rings is 3. The van der Waals surface area contributed by atoms with Gasteiger partial charge in [0.15, 0.2) is 0 Å². The molecule has 1 aliphatic rings. The van der Waals surface area contributed by atoms with E-state index in [9.17, 15) is 18.5 Å². The Morgan fingerprint density at radius 3 is 2.09 bits per heavy atom. The van der Waals surface area contributed by atoms with Crippen molar-refractivity contribution in [1.29, 1.82) is 5.26 Å². The summed E-state index contributed by atoms with van der Waals surface area (Å²) in [5.74, 6) is -0.0470. The first-order chi connectivity index (χ1) is 16.5. The molecule has 0 spiro atoms. The van der Waals surface area contributed by atoms with Gasteiger partial charge in [-0.1, -0.05) is 60.7 Å². The fraction of sp³-hybridized carbons (Fsp3) is 0.231. The molecule has 1 heterocycles. The van der Waals surface area contributed by atoms with Gasteiger partial charge in [-0.15, -0.1) is 0 Å². The van der Waals surface area contributed by atoms with Gasteiger partial charge in [0.1, 0.15) is 6.07 Å². The normalized spacial score (nSPS) is 14.4. The van der Waals surface area contributed by atoms with Crippen LogP contribution < -0.4 is 4.90 Å². The molecule has 8 heteroatoms. The summed E-state index contributed by atoms with van der Waals surface area (Å²) in [6, 6.07) is 27.9. The lowest BCUT2D eigenvalue weighted by molar-refractivity contribution is -0.130. The second-order valence-corrected chi connectivity index (χ2v) is 9.98. The number of hydrogen-bond donors (Lipinski definition) is 0. The molecule has 1 amide bonds. The van der Waals surface area contributed by atoms with Crippen molar-refractivity contribution in [2.75, 3.05) is 37.6 Å². The number of carbonyl (C=O) groups is 1. The van der Waals surface area contributed by atoms with Crippen LogP contribution in [-0.4, -0.2) is 56.3 Å². The van der Waals surface area contributed by atoms with Crippen LogP contribution >= 0.6 is 0 Å². The van der Waals surface area contributed by atoms with Gasteiger partial charge >= 0.3 is 0 Å². The summed E-state index contributed by atoms with van der Waals surface area (Å²) in [5, 5.41) is 9.29. The Kier molecular flexibility index (Phi) is 7.26. The van der Waals surface area contributed by atoms with Gasteiger partial charge in [0, 0.05) is 38.4 Å². The molecule has 0 unspecified atom stereocenters. The zero-order valence-corrected chi connectivity index (χ0v) is 19.6. The molecule has 174 valence electrons. The molecule has 0 aromatic heterocycles. The number of hydrogen-bond acceptors (Lipinski definition) is 5. The van der Waals surface area contributed by atoms with Gasteiger partial charge < -0.3 is 9.80 Å². The number of rotatable bonds is 7. The third-order valence-corrected chi connectivity index (χ3v) is 7.84. The van der Waals surface area contributed by atoms with Crippen LogP contribution in [-0.2, 0) is 21.4 Å². The highest BCUT2D eigenvalue weighted by molar-refractivity contribution is 7.89. The van der Waals surface area contributed by atoms with Crippen LogP contribution in [0, 0.1) is 11.3 Å². The van der Waals surface area contributed by atoms with Crippen LogP contribution in [0.2, 0.25) is 0 Å². The molecule has 3 aromatic carbocycles. The number of nitrogens with zero attached hydrogens (tertiary/aromatic N) is 4. The fourth-order valence-electron chi connectivity index (χ4n) is 4.05. The standard InChI is InChI=1S/C26H26N4O3S/c27-19-23-11-7-8-14-25(23)34(32,33)30-17-15-28(16-18-30)26(31)21-29(24-12-5-2-6-13-24)20-22-9-3-1-4-10-22/h1-14H,15-18,20-21H2. The number of nitriles is 1. The van der Waals surface area contributed by atoms with Gasteiger partial charge in [-0.25, -0.2) is 8.42 Å². The Morgan fingerprint density at radius 1 is 0.853 bits per heavy atom. The molecule has 1 aliphatic heterocycles. The minimum Gasteiger partial charge on any atom is -0.358 e. The van der Waals surface area contributed by atoms with Crippen molar-refractivity contribution in [3.8, 4) is 6.07 Å². The average Bonchev–Trinajstić information content (AvgIpc) is 2.89. The van der Waals surface area contributed by atoms with Gasteiger partial charge in [-0.2, -0.15) is 9.57 Å². The van der Waals surface area contributed by atoms with Gasteiger partial charge in [0.05, 0.1) is 17.0 Å². The number of amides is 1. The molecule has 0 bridgehead atoms. The highest BCUT2D eigenvalue weighted by Crippen LogP contribution is 2.22. The number of para-hydroxylation sites is 1. The Bertz CT molecular complexity index is 1270.